The number of rotatable bonds is 8. The van der Waals surface area contributed by atoms with E-state index >= 15 is 0 Å². The Hall–Kier alpha value is -0.0900. The third-order valence-electron chi connectivity index (χ3n) is 4.20. The molecule has 108 valence electrons. The van der Waals surface area contributed by atoms with Crippen LogP contribution < -0.4 is 5.32 Å². The van der Waals surface area contributed by atoms with Crippen LogP contribution in [-0.4, -0.2) is 32.5 Å². The number of nitrogens with one attached hydrogen (secondary N) is 1. The van der Waals surface area contributed by atoms with Crippen molar-refractivity contribution in [3.05, 3.63) is 0 Å². The fourth-order valence-corrected chi connectivity index (χ4v) is 5.03. The van der Waals surface area contributed by atoms with Gasteiger partial charge in [-0.15, -0.1) is 0 Å². The predicted octanol–water partition coefficient (Wildman–Crippen LogP) is 2.62. The Bertz CT molecular complexity index is 321. The topological polar surface area (TPSA) is 46.2 Å². The normalized spacial score (nSPS) is 21.1. The molecule has 0 aromatic carbocycles. The highest BCUT2D eigenvalue weighted by atomic mass is 32.2. The van der Waals surface area contributed by atoms with E-state index < -0.39 is 9.84 Å². The second kappa shape index (κ2) is 7.49. The van der Waals surface area contributed by atoms with Crippen LogP contribution in [0, 0.1) is 11.8 Å². The summed E-state index contributed by atoms with van der Waals surface area (Å²) in [4.78, 5) is 0. The van der Waals surface area contributed by atoms with Gasteiger partial charge in [0.05, 0.1) is 11.5 Å². The van der Waals surface area contributed by atoms with Crippen molar-refractivity contribution >= 4 is 9.84 Å². The van der Waals surface area contributed by atoms with E-state index in [-0.39, 0.29) is 6.04 Å². The summed E-state index contributed by atoms with van der Waals surface area (Å²) in [5, 5.41) is 3.34. The minimum atomic E-state index is -2.90. The maximum absolute atomic E-state index is 12.3. The van der Waals surface area contributed by atoms with Crippen molar-refractivity contribution in [2.75, 3.05) is 18.1 Å². The van der Waals surface area contributed by atoms with Gasteiger partial charge in [0.25, 0.3) is 0 Å². The molecule has 1 N–H and O–H groups in total. The first-order valence-corrected chi connectivity index (χ1v) is 9.24. The van der Waals surface area contributed by atoms with Crippen LogP contribution in [0.4, 0.5) is 0 Å². The summed E-state index contributed by atoms with van der Waals surface area (Å²) in [5.74, 6) is 1.56. The van der Waals surface area contributed by atoms with Gasteiger partial charge in [0.2, 0.25) is 0 Å². The first-order chi connectivity index (χ1) is 8.48. The van der Waals surface area contributed by atoms with Crippen molar-refractivity contribution < 1.29 is 8.42 Å². The molecule has 1 aliphatic rings. The molecule has 3 nitrogen and oxygen atoms in total. The molecular formula is C14H29NO2S. The van der Waals surface area contributed by atoms with Gasteiger partial charge < -0.3 is 5.32 Å². The van der Waals surface area contributed by atoms with E-state index in [0.717, 1.165) is 25.8 Å². The molecule has 0 spiro atoms. The van der Waals surface area contributed by atoms with Gasteiger partial charge in [-0.05, 0) is 31.2 Å². The van der Waals surface area contributed by atoms with Crippen LogP contribution in [-0.2, 0) is 9.84 Å². The van der Waals surface area contributed by atoms with Gasteiger partial charge in [-0.25, -0.2) is 8.42 Å². The molecule has 1 saturated carbocycles. The maximum Gasteiger partial charge on any atom is 0.152 e. The minimum Gasteiger partial charge on any atom is -0.313 e. The lowest BCUT2D eigenvalue weighted by Gasteiger charge is -2.24. The molecule has 0 aromatic rings. The van der Waals surface area contributed by atoms with Crippen LogP contribution in [0.25, 0.3) is 0 Å². The molecule has 0 saturated heterocycles. The molecule has 4 heteroatoms. The predicted molar refractivity (Wildman–Crippen MR) is 77.5 cm³/mol. The lowest BCUT2D eigenvalue weighted by Crippen LogP contribution is -2.41. The van der Waals surface area contributed by atoms with Crippen molar-refractivity contribution in [3.8, 4) is 0 Å². The average molecular weight is 275 g/mol. The van der Waals surface area contributed by atoms with Crippen LogP contribution in [0.2, 0.25) is 0 Å². The molecule has 0 heterocycles. The lowest BCUT2D eigenvalue weighted by atomic mass is 10.0. The van der Waals surface area contributed by atoms with Gasteiger partial charge in [0, 0.05) is 6.04 Å². The van der Waals surface area contributed by atoms with Crippen molar-refractivity contribution in [1.82, 2.24) is 5.32 Å². The third kappa shape index (κ3) is 5.27. The molecule has 2 unspecified atom stereocenters. The zero-order chi connectivity index (χ0) is 13.6. The second-order valence-corrected chi connectivity index (χ2v) is 7.93. The monoisotopic (exact) mass is 275 g/mol. The van der Waals surface area contributed by atoms with Crippen LogP contribution in [0.1, 0.15) is 52.9 Å². The Kier molecular flexibility index (Phi) is 6.64. The summed E-state index contributed by atoms with van der Waals surface area (Å²) in [6.45, 7) is 7.14. The number of hydrogen-bond donors (Lipinski definition) is 1. The fraction of sp³-hybridized carbons (Fsp3) is 1.00. The smallest absolute Gasteiger partial charge is 0.152 e. The third-order valence-corrected chi connectivity index (χ3v) is 6.04. The molecule has 1 aliphatic carbocycles. The molecule has 18 heavy (non-hydrogen) atoms. The summed E-state index contributed by atoms with van der Waals surface area (Å²) < 4.78 is 24.5. The van der Waals surface area contributed by atoms with E-state index in [9.17, 15) is 8.42 Å². The van der Waals surface area contributed by atoms with Gasteiger partial charge in [0.15, 0.2) is 9.84 Å². The van der Waals surface area contributed by atoms with Gasteiger partial charge in [-0.1, -0.05) is 40.0 Å². The summed E-state index contributed by atoms with van der Waals surface area (Å²) in [7, 11) is -2.90. The highest BCUT2D eigenvalue weighted by molar-refractivity contribution is 7.91. The fourth-order valence-electron chi connectivity index (χ4n) is 2.85. The van der Waals surface area contributed by atoms with E-state index in [1.54, 1.807) is 0 Å². The Balaban J connectivity index is 2.54. The molecule has 0 radical (unpaired) electrons. The van der Waals surface area contributed by atoms with E-state index in [4.69, 9.17) is 0 Å². The standard InChI is InChI=1S/C14H29NO2S/c1-4-12(3)14(15-5-2)11-18(16,17)10-13-8-6-7-9-13/h12-15H,4-11H2,1-3H3. The van der Waals surface area contributed by atoms with Crippen LogP contribution in [0.5, 0.6) is 0 Å². The minimum absolute atomic E-state index is 0.117. The SMILES string of the molecule is CCNC(CS(=O)(=O)CC1CCCC1)C(C)CC. The molecule has 1 rings (SSSR count). The van der Waals surface area contributed by atoms with Crippen molar-refractivity contribution in [2.45, 2.75) is 58.9 Å². The highest BCUT2D eigenvalue weighted by Crippen LogP contribution is 2.26. The largest absolute Gasteiger partial charge is 0.313 e. The summed E-state index contributed by atoms with van der Waals surface area (Å²) in [6, 6.07) is 0.117. The molecule has 1 fully saturated rings. The Morgan fingerprint density at radius 1 is 1.22 bits per heavy atom. The summed E-state index contributed by atoms with van der Waals surface area (Å²) >= 11 is 0. The van der Waals surface area contributed by atoms with E-state index in [2.05, 4.69) is 19.2 Å². The van der Waals surface area contributed by atoms with Gasteiger partial charge in [-0.3, -0.25) is 0 Å². The van der Waals surface area contributed by atoms with Gasteiger partial charge in [-0.2, -0.15) is 0 Å². The van der Waals surface area contributed by atoms with Crippen molar-refractivity contribution in [1.29, 1.82) is 0 Å². The zero-order valence-corrected chi connectivity index (χ0v) is 12.9. The Labute approximate surface area is 113 Å². The van der Waals surface area contributed by atoms with Crippen LogP contribution >= 0.6 is 0 Å². The summed E-state index contributed by atoms with van der Waals surface area (Å²) in [5.41, 5.74) is 0. The average Bonchev–Trinajstić information content (AvgIpc) is 2.79. The zero-order valence-electron chi connectivity index (χ0n) is 12.1. The molecular weight excluding hydrogens is 246 g/mol. The second-order valence-electron chi connectivity index (χ2n) is 5.78. The van der Waals surface area contributed by atoms with Gasteiger partial charge >= 0.3 is 0 Å². The number of hydrogen-bond acceptors (Lipinski definition) is 3. The van der Waals surface area contributed by atoms with Crippen LogP contribution in [0.15, 0.2) is 0 Å². The molecule has 0 bridgehead atoms. The quantitative estimate of drug-likeness (QED) is 0.740. The van der Waals surface area contributed by atoms with Crippen molar-refractivity contribution in [2.24, 2.45) is 11.8 Å². The van der Waals surface area contributed by atoms with E-state index in [1.807, 2.05) is 6.92 Å². The van der Waals surface area contributed by atoms with Gasteiger partial charge in [0.1, 0.15) is 0 Å². The molecule has 0 aliphatic heterocycles. The van der Waals surface area contributed by atoms with E-state index in [0.29, 0.717) is 23.3 Å². The Morgan fingerprint density at radius 3 is 2.33 bits per heavy atom. The van der Waals surface area contributed by atoms with Crippen molar-refractivity contribution in [3.63, 3.8) is 0 Å². The molecule has 2 atom stereocenters. The van der Waals surface area contributed by atoms with E-state index in [1.165, 1.54) is 12.8 Å². The van der Waals surface area contributed by atoms with Crippen LogP contribution in [0.3, 0.4) is 0 Å². The first-order valence-electron chi connectivity index (χ1n) is 7.42. The lowest BCUT2D eigenvalue weighted by molar-refractivity contribution is 0.397. The number of sulfone groups is 1. The Morgan fingerprint density at radius 2 is 1.83 bits per heavy atom. The molecule has 0 aromatic heterocycles. The summed E-state index contributed by atoms with van der Waals surface area (Å²) in [6.07, 6.45) is 5.66. The molecule has 0 amide bonds. The first kappa shape index (κ1) is 16.0. The maximum atomic E-state index is 12.3. The highest BCUT2D eigenvalue weighted by Gasteiger charge is 2.27.